The Bertz CT molecular complexity index is 704. The van der Waals surface area contributed by atoms with Gasteiger partial charge in [0.05, 0.1) is 28.8 Å². The number of hydrogen-bond donors (Lipinski definition) is 2. The van der Waals surface area contributed by atoms with Crippen molar-refractivity contribution in [3.63, 3.8) is 0 Å². The Labute approximate surface area is 127 Å². The molecule has 5 nitrogen and oxygen atoms in total. The standard InChI is InChI=1S/C15H17N5S/c1-20-10-17-8-14(20)12(19-16)7-15-18-13(9-21-15)11-5-3-2-4-6-11/h2-6,8-10,12,19H,7,16H2,1H3. The molecular weight excluding hydrogens is 282 g/mol. The van der Waals surface area contributed by atoms with E-state index in [2.05, 4.69) is 27.9 Å². The van der Waals surface area contributed by atoms with Crippen molar-refractivity contribution in [2.24, 2.45) is 12.9 Å². The van der Waals surface area contributed by atoms with Gasteiger partial charge in [0, 0.05) is 30.6 Å². The first-order valence-electron chi connectivity index (χ1n) is 6.70. The van der Waals surface area contributed by atoms with E-state index in [1.165, 1.54) is 0 Å². The second-order valence-corrected chi connectivity index (χ2v) is 5.79. The van der Waals surface area contributed by atoms with E-state index in [0.29, 0.717) is 0 Å². The molecule has 1 atom stereocenters. The Morgan fingerprint density at radius 1 is 1.33 bits per heavy atom. The molecule has 0 aliphatic rings. The van der Waals surface area contributed by atoms with Gasteiger partial charge in [0.1, 0.15) is 0 Å². The molecule has 0 bridgehead atoms. The van der Waals surface area contributed by atoms with Gasteiger partial charge in [0.25, 0.3) is 0 Å². The fourth-order valence-electron chi connectivity index (χ4n) is 2.27. The van der Waals surface area contributed by atoms with Crippen molar-refractivity contribution in [3.05, 3.63) is 58.9 Å². The van der Waals surface area contributed by atoms with Crippen LogP contribution in [0.15, 0.2) is 48.2 Å². The van der Waals surface area contributed by atoms with Crippen LogP contribution in [0.25, 0.3) is 11.3 Å². The van der Waals surface area contributed by atoms with Gasteiger partial charge < -0.3 is 4.57 Å². The zero-order valence-electron chi connectivity index (χ0n) is 11.7. The Morgan fingerprint density at radius 3 is 2.81 bits per heavy atom. The third-order valence-corrected chi connectivity index (χ3v) is 4.28. The third kappa shape index (κ3) is 3.02. The molecule has 0 amide bonds. The smallest absolute Gasteiger partial charge is 0.0952 e. The highest BCUT2D eigenvalue weighted by atomic mass is 32.1. The Balaban J connectivity index is 1.79. The minimum atomic E-state index is 0.00673. The van der Waals surface area contributed by atoms with Gasteiger partial charge in [0.15, 0.2) is 0 Å². The molecule has 0 aliphatic heterocycles. The molecule has 1 unspecified atom stereocenters. The number of nitrogens with zero attached hydrogens (tertiary/aromatic N) is 3. The number of aryl methyl sites for hydroxylation is 1. The van der Waals surface area contributed by atoms with E-state index in [4.69, 9.17) is 10.8 Å². The minimum absolute atomic E-state index is 0.00673. The fourth-order valence-corrected chi connectivity index (χ4v) is 3.12. The summed E-state index contributed by atoms with van der Waals surface area (Å²) in [6.45, 7) is 0. The van der Waals surface area contributed by atoms with Gasteiger partial charge in [-0.2, -0.15) is 0 Å². The summed E-state index contributed by atoms with van der Waals surface area (Å²) in [6, 6.07) is 10.2. The average molecular weight is 299 g/mol. The third-order valence-electron chi connectivity index (χ3n) is 3.41. The summed E-state index contributed by atoms with van der Waals surface area (Å²) >= 11 is 1.65. The molecule has 2 aromatic heterocycles. The minimum Gasteiger partial charge on any atom is -0.336 e. The first-order valence-corrected chi connectivity index (χ1v) is 7.58. The first-order chi connectivity index (χ1) is 10.3. The van der Waals surface area contributed by atoms with Gasteiger partial charge in [0.2, 0.25) is 0 Å². The van der Waals surface area contributed by atoms with Gasteiger partial charge >= 0.3 is 0 Å². The lowest BCUT2D eigenvalue weighted by Crippen LogP contribution is -2.30. The highest BCUT2D eigenvalue weighted by Crippen LogP contribution is 2.25. The largest absolute Gasteiger partial charge is 0.336 e. The van der Waals surface area contributed by atoms with Crippen LogP contribution in [-0.4, -0.2) is 14.5 Å². The molecule has 0 spiro atoms. The van der Waals surface area contributed by atoms with E-state index >= 15 is 0 Å². The highest BCUT2D eigenvalue weighted by Gasteiger charge is 2.16. The topological polar surface area (TPSA) is 68.8 Å². The fraction of sp³-hybridized carbons (Fsp3) is 0.200. The van der Waals surface area contributed by atoms with E-state index in [1.54, 1.807) is 17.7 Å². The van der Waals surface area contributed by atoms with Crippen LogP contribution in [0.2, 0.25) is 0 Å². The van der Waals surface area contributed by atoms with Crippen LogP contribution in [0.1, 0.15) is 16.7 Å². The number of hydrazine groups is 1. The summed E-state index contributed by atoms with van der Waals surface area (Å²) in [5, 5.41) is 3.14. The second kappa shape index (κ2) is 6.17. The SMILES string of the molecule is Cn1cncc1C(Cc1nc(-c2ccccc2)cs1)NN. The van der Waals surface area contributed by atoms with Crippen molar-refractivity contribution in [2.45, 2.75) is 12.5 Å². The summed E-state index contributed by atoms with van der Waals surface area (Å²) in [4.78, 5) is 8.84. The molecule has 3 rings (SSSR count). The molecule has 3 N–H and O–H groups in total. The average Bonchev–Trinajstić information content (AvgIpc) is 3.15. The van der Waals surface area contributed by atoms with Crippen LogP contribution in [0.4, 0.5) is 0 Å². The van der Waals surface area contributed by atoms with Gasteiger partial charge in [-0.25, -0.2) is 9.97 Å². The summed E-state index contributed by atoms with van der Waals surface area (Å²) in [5.41, 5.74) is 6.05. The molecule has 0 saturated carbocycles. The zero-order chi connectivity index (χ0) is 14.7. The molecule has 6 heteroatoms. The summed E-state index contributed by atoms with van der Waals surface area (Å²) in [7, 11) is 1.96. The molecule has 0 fully saturated rings. The zero-order valence-corrected chi connectivity index (χ0v) is 12.5. The number of rotatable bonds is 5. The van der Waals surface area contributed by atoms with E-state index in [9.17, 15) is 0 Å². The molecule has 21 heavy (non-hydrogen) atoms. The molecule has 1 aromatic carbocycles. The van der Waals surface area contributed by atoms with Gasteiger partial charge in [-0.05, 0) is 0 Å². The van der Waals surface area contributed by atoms with Crippen LogP contribution in [0.5, 0.6) is 0 Å². The van der Waals surface area contributed by atoms with Crippen molar-refractivity contribution < 1.29 is 0 Å². The van der Waals surface area contributed by atoms with Crippen LogP contribution in [0, 0.1) is 0 Å². The van der Waals surface area contributed by atoms with Gasteiger partial charge in [-0.3, -0.25) is 11.3 Å². The van der Waals surface area contributed by atoms with Crippen LogP contribution in [-0.2, 0) is 13.5 Å². The van der Waals surface area contributed by atoms with Crippen LogP contribution in [0.3, 0.4) is 0 Å². The van der Waals surface area contributed by atoms with Crippen molar-refractivity contribution in [2.75, 3.05) is 0 Å². The number of nitrogens with two attached hydrogens (primary N) is 1. The maximum Gasteiger partial charge on any atom is 0.0952 e. The lowest BCUT2D eigenvalue weighted by atomic mass is 10.1. The maximum atomic E-state index is 5.68. The highest BCUT2D eigenvalue weighted by molar-refractivity contribution is 7.09. The second-order valence-electron chi connectivity index (χ2n) is 4.85. The van der Waals surface area contributed by atoms with Crippen LogP contribution >= 0.6 is 11.3 Å². The van der Waals surface area contributed by atoms with Crippen LogP contribution < -0.4 is 11.3 Å². The molecule has 0 saturated heterocycles. The number of imidazole rings is 1. The molecule has 0 radical (unpaired) electrons. The van der Waals surface area contributed by atoms with Crippen molar-refractivity contribution in [1.82, 2.24) is 20.0 Å². The molecule has 0 aliphatic carbocycles. The Morgan fingerprint density at radius 2 is 2.14 bits per heavy atom. The first kappa shape index (κ1) is 13.9. The Kier molecular flexibility index (Phi) is 4.10. The molecule has 3 aromatic rings. The quantitative estimate of drug-likeness (QED) is 0.560. The van der Waals surface area contributed by atoms with Crippen molar-refractivity contribution >= 4 is 11.3 Å². The summed E-state index contributed by atoms with van der Waals surface area (Å²) in [6.07, 6.45) is 4.35. The number of thiazole rings is 1. The monoisotopic (exact) mass is 299 g/mol. The maximum absolute atomic E-state index is 5.68. The molecular formula is C15H17N5S. The van der Waals surface area contributed by atoms with Crippen molar-refractivity contribution in [1.29, 1.82) is 0 Å². The van der Waals surface area contributed by atoms with E-state index < -0.39 is 0 Å². The number of aromatic nitrogens is 3. The number of nitrogens with one attached hydrogen (secondary N) is 1. The predicted molar refractivity (Wildman–Crippen MR) is 84.5 cm³/mol. The number of benzene rings is 1. The lowest BCUT2D eigenvalue weighted by molar-refractivity contribution is 0.521. The van der Waals surface area contributed by atoms with E-state index in [0.717, 1.165) is 28.4 Å². The normalized spacial score (nSPS) is 12.5. The Hall–Kier alpha value is -2.02. The molecule has 108 valence electrons. The molecule has 2 heterocycles. The van der Waals surface area contributed by atoms with E-state index in [-0.39, 0.29) is 6.04 Å². The predicted octanol–water partition coefficient (Wildman–Crippen LogP) is 2.29. The van der Waals surface area contributed by atoms with Gasteiger partial charge in [-0.15, -0.1) is 11.3 Å². The lowest BCUT2D eigenvalue weighted by Gasteiger charge is -2.14. The van der Waals surface area contributed by atoms with Gasteiger partial charge in [-0.1, -0.05) is 30.3 Å². The number of hydrogen-bond acceptors (Lipinski definition) is 5. The van der Waals surface area contributed by atoms with Crippen molar-refractivity contribution in [3.8, 4) is 11.3 Å². The summed E-state index contributed by atoms with van der Waals surface area (Å²) in [5.74, 6) is 5.68. The summed E-state index contributed by atoms with van der Waals surface area (Å²) < 4.78 is 1.97. The van der Waals surface area contributed by atoms with E-state index in [1.807, 2.05) is 36.0 Å².